The van der Waals surface area contributed by atoms with E-state index in [0.29, 0.717) is 6.66 Å². The zero-order valence-electron chi connectivity index (χ0n) is 2.96. The Kier molecular flexibility index (Phi) is 4.61. The maximum atomic E-state index is 10.5. The van der Waals surface area contributed by atoms with Crippen LogP contribution in [0.25, 0.3) is 0 Å². The van der Waals surface area contributed by atoms with Gasteiger partial charge in [-0.1, -0.05) is 0 Å². The Hall–Kier alpha value is 0.700. The van der Waals surface area contributed by atoms with Gasteiger partial charge in [-0.05, 0) is 0 Å². The highest BCUT2D eigenvalue weighted by Crippen LogP contribution is 2.60. The van der Waals surface area contributed by atoms with E-state index in [-0.39, 0.29) is 17.0 Å². The predicted octanol–water partition coefficient (Wildman–Crippen LogP) is -0.709. The molecule has 0 rings (SSSR count). The Morgan fingerprint density at radius 2 is 1.17 bits per heavy atom. The van der Waals surface area contributed by atoms with Gasteiger partial charge in [0.15, 0.2) is 0 Å². The molecule has 0 saturated heterocycles. The summed E-state index contributed by atoms with van der Waals surface area (Å²) in [5.74, 6) is 0. The molecule has 0 fully saturated rings. The van der Waals surface area contributed by atoms with Crippen LogP contribution in [0.1, 0.15) is 0 Å². The Morgan fingerprint density at radius 3 is 1.17 bits per heavy atom. The van der Waals surface area contributed by atoms with Crippen molar-refractivity contribution < 1.29 is 29.6 Å². The van der Waals surface area contributed by atoms with Crippen LogP contribution in [0.2, 0.25) is 0 Å². The van der Waals surface area contributed by atoms with Gasteiger partial charge in [0.1, 0.15) is 6.66 Å². The normalized spacial score (nSPS) is 10.0. The van der Waals surface area contributed by atoms with Crippen LogP contribution >= 0.6 is 8.19 Å². The third kappa shape index (κ3) is 131. The lowest BCUT2D eigenvalue weighted by atomic mass is 12.0. The van der Waals surface area contributed by atoms with Crippen molar-refractivity contribution in [2.24, 2.45) is 0 Å². The van der Waals surface area contributed by atoms with Gasteiger partial charge in [0.2, 0.25) is 0 Å². The van der Waals surface area contributed by atoms with Gasteiger partial charge in [0, 0.05) is 12.6 Å². The van der Waals surface area contributed by atoms with Gasteiger partial charge >= 0.3 is 8.19 Å². The Balaban J connectivity index is 0. The molecule has 0 aliphatic rings. The summed E-state index contributed by atoms with van der Waals surface area (Å²) in [7, 11) is -4.89. The molecule has 0 saturated carbocycles. The molecular formula is CH3BrF3P. The lowest BCUT2D eigenvalue weighted by Crippen LogP contribution is -3.00. The van der Waals surface area contributed by atoms with Crippen LogP contribution in [0.15, 0.2) is 0 Å². The molecule has 0 N–H and O–H groups in total. The van der Waals surface area contributed by atoms with E-state index in [9.17, 15) is 12.6 Å². The van der Waals surface area contributed by atoms with Gasteiger partial charge in [0.05, 0.1) is 0 Å². The molecule has 0 aliphatic heterocycles. The monoisotopic (exact) mass is 182 g/mol. The quantitative estimate of drug-likeness (QED) is 0.435. The molecule has 0 atom stereocenters. The van der Waals surface area contributed by atoms with E-state index in [1.165, 1.54) is 0 Å². The van der Waals surface area contributed by atoms with Crippen molar-refractivity contribution in [3.05, 3.63) is 0 Å². The summed E-state index contributed by atoms with van der Waals surface area (Å²) >= 11 is 0. The first kappa shape index (κ1) is 9.85. The molecular weight excluding hydrogens is 180 g/mol. The standard InChI is InChI=1S/CH3F3P.BrH/c1-5(2,3)4;/h1H3;1H/q+1;/p-1. The van der Waals surface area contributed by atoms with E-state index >= 15 is 0 Å². The number of hydrogen-bond acceptors (Lipinski definition) is 0. The fourth-order valence-corrected chi connectivity index (χ4v) is 0. The lowest BCUT2D eigenvalue weighted by Gasteiger charge is -1.71. The average molecular weight is 183 g/mol. The van der Waals surface area contributed by atoms with E-state index in [0.717, 1.165) is 0 Å². The number of rotatable bonds is 0. The van der Waals surface area contributed by atoms with Gasteiger partial charge < -0.3 is 17.0 Å². The van der Waals surface area contributed by atoms with E-state index in [4.69, 9.17) is 0 Å². The van der Waals surface area contributed by atoms with E-state index in [2.05, 4.69) is 0 Å². The van der Waals surface area contributed by atoms with Gasteiger partial charge in [-0.25, -0.2) is 0 Å². The van der Waals surface area contributed by atoms with Gasteiger partial charge in [0.25, 0.3) is 0 Å². The molecule has 5 heteroatoms. The summed E-state index contributed by atoms with van der Waals surface area (Å²) in [6.45, 7) is 0.299. The van der Waals surface area contributed by atoms with Crippen LogP contribution in [0.3, 0.4) is 0 Å². The minimum Gasteiger partial charge on any atom is -1.00 e. The molecule has 0 aromatic rings. The minimum absolute atomic E-state index is 0. The van der Waals surface area contributed by atoms with Crippen LogP contribution < -0.4 is 17.0 Å². The molecule has 0 aromatic carbocycles. The summed E-state index contributed by atoms with van der Waals surface area (Å²) in [5.41, 5.74) is 0. The highest BCUT2D eigenvalue weighted by atomic mass is 79.9. The largest absolute Gasteiger partial charge is 1.00 e. The number of halogens is 4. The van der Waals surface area contributed by atoms with Crippen LogP contribution in [0.5, 0.6) is 0 Å². The summed E-state index contributed by atoms with van der Waals surface area (Å²) < 4.78 is 31.4. The molecule has 0 aliphatic carbocycles. The third-order valence-electron chi connectivity index (χ3n) is 0. The zero-order valence-corrected chi connectivity index (χ0v) is 5.44. The second-order valence-corrected chi connectivity index (χ2v) is 2.10. The molecule has 40 valence electrons. The maximum Gasteiger partial charge on any atom is 0.566 e. The second-order valence-electron chi connectivity index (χ2n) is 0.699. The third-order valence-corrected chi connectivity index (χ3v) is 0. The van der Waals surface area contributed by atoms with Crippen LogP contribution in [-0.2, 0) is 0 Å². The average Bonchev–Trinajstić information content (AvgIpc) is 0.722. The van der Waals surface area contributed by atoms with Crippen LogP contribution in [0.4, 0.5) is 12.6 Å². The maximum absolute atomic E-state index is 10.5. The Morgan fingerprint density at radius 1 is 1.17 bits per heavy atom. The smallest absolute Gasteiger partial charge is 0.566 e. The molecule has 0 unspecified atom stereocenters. The highest BCUT2D eigenvalue weighted by Gasteiger charge is 2.33. The first-order valence-corrected chi connectivity index (χ1v) is 2.86. The van der Waals surface area contributed by atoms with Crippen molar-refractivity contribution in [1.29, 1.82) is 0 Å². The van der Waals surface area contributed by atoms with Gasteiger partial charge in [-0.2, -0.15) is 0 Å². The second kappa shape index (κ2) is 2.80. The molecule has 0 spiro atoms. The first-order valence-electron chi connectivity index (χ1n) is 0.954. The topological polar surface area (TPSA) is 0 Å². The highest BCUT2D eigenvalue weighted by molar-refractivity contribution is 7.59. The molecule has 0 radical (unpaired) electrons. The van der Waals surface area contributed by atoms with Crippen molar-refractivity contribution in [1.82, 2.24) is 0 Å². The molecule has 0 nitrogen and oxygen atoms in total. The molecule has 0 bridgehead atoms. The predicted molar refractivity (Wildman–Crippen MR) is 16.2 cm³/mol. The van der Waals surface area contributed by atoms with E-state index < -0.39 is 8.19 Å². The molecule has 0 aromatic heterocycles. The van der Waals surface area contributed by atoms with Crippen molar-refractivity contribution in [2.45, 2.75) is 0 Å². The zero-order chi connectivity index (χ0) is 4.50. The summed E-state index contributed by atoms with van der Waals surface area (Å²) in [4.78, 5) is 0. The molecule has 6 heavy (non-hydrogen) atoms. The van der Waals surface area contributed by atoms with Crippen LogP contribution in [0, 0.1) is 0 Å². The van der Waals surface area contributed by atoms with Crippen molar-refractivity contribution >= 4 is 8.19 Å². The fourth-order valence-electron chi connectivity index (χ4n) is 0. The summed E-state index contributed by atoms with van der Waals surface area (Å²) in [6.07, 6.45) is 0. The summed E-state index contributed by atoms with van der Waals surface area (Å²) in [6, 6.07) is 0. The molecule has 0 amide bonds. The Bertz CT molecular complexity index is 26.3. The summed E-state index contributed by atoms with van der Waals surface area (Å²) in [5, 5.41) is 0. The lowest BCUT2D eigenvalue weighted by molar-refractivity contribution is -0.00000417. The van der Waals surface area contributed by atoms with Gasteiger partial charge in [-0.15, -0.1) is 0 Å². The number of hydrogen-bond donors (Lipinski definition) is 0. The SMILES string of the molecule is C[P+](F)(F)F.[Br-]. The molecule has 0 heterocycles. The Labute approximate surface area is 45.2 Å². The van der Waals surface area contributed by atoms with E-state index in [1.807, 2.05) is 0 Å². The van der Waals surface area contributed by atoms with Gasteiger partial charge in [-0.3, -0.25) is 0 Å². The fraction of sp³-hybridized carbons (Fsp3) is 1.00. The van der Waals surface area contributed by atoms with E-state index in [1.54, 1.807) is 0 Å². The first-order chi connectivity index (χ1) is 2.00. The minimum atomic E-state index is -4.89. The van der Waals surface area contributed by atoms with Crippen LogP contribution in [-0.4, -0.2) is 6.66 Å². The van der Waals surface area contributed by atoms with Crippen molar-refractivity contribution in [3.63, 3.8) is 0 Å². The van der Waals surface area contributed by atoms with Crippen molar-refractivity contribution in [2.75, 3.05) is 6.66 Å². The van der Waals surface area contributed by atoms with Crippen molar-refractivity contribution in [3.8, 4) is 0 Å².